The Morgan fingerprint density at radius 2 is 1.80 bits per heavy atom. The molecule has 9 N–H and O–H groups in total. The quantitative estimate of drug-likeness (QED) is 0.138. The summed E-state index contributed by atoms with van der Waals surface area (Å²) in [4.78, 5) is 51.5. The highest BCUT2D eigenvalue weighted by atomic mass is 16.5. The first-order chi connectivity index (χ1) is 23.4. The van der Waals surface area contributed by atoms with E-state index in [1.54, 1.807) is 14.0 Å². The van der Waals surface area contributed by atoms with Gasteiger partial charge in [-0.05, 0) is 102 Å². The number of hydrogen-bond donors (Lipinski definition) is 6. The highest BCUT2D eigenvalue weighted by molar-refractivity contribution is 5.92. The maximum Gasteiger partial charge on any atom is 0.326 e. The van der Waals surface area contributed by atoms with Crippen LogP contribution in [0.25, 0.3) is 0 Å². The number of carbonyl (C=O) groups is 4. The Kier molecular flexibility index (Phi) is 13.5. The molecule has 274 valence electrons. The van der Waals surface area contributed by atoms with E-state index in [2.05, 4.69) is 28.6 Å². The van der Waals surface area contributed by atoms with Gasteiger partial charge in [0.15, 0.2) is 23.4 Å². The third kappa shape index (κ3) is 8.05. The minimum atomic E-state index is -1.09. The number of carbonyl (C=O) groups excluding carboxylic acids is 3. The number of rotatable bonds is 16. The summed E-state index contributed by atoms with van der Waals surface area (Å²) in [7, 11) is 3.91. The number of carboxylic acids is 1. The van der Waals surface area contributed by atoms with Gasteiger partial charge in [0.1, 0.15) is 12.1 Å². The number of hydrogen-bond acceptors (Lipinski definition) is 10. The lowest BCUT2D eigenvalue weighted by Crippen LogP contribution is -2.65. The van der Waals surface area contributed by atoms with Gasteiger partial charge in [0.05, 0.1) is 13.2 Å². The topological polar surface area (TPSA) is 212 Å². The van der Waals surface area contributed by atoms with Gasteiger partial charge in [0.2, 0.25) is 11.8 Å². The second-order valence-corrected chi connectivity index (χ2v) is 14.2. The van der Waals surface area contributed by atoms with Gasteiger partial charge in [-0.1, -0.05) is 32.8 Å². The molecule has 49 heavy (non-hydrogen) atoms. The molecule has 8 atom stereocenters. The minimum absolute atomic E-state index is 0.0933. The van der Waals surface area contributed by atoms with Crippen molar-refractivity contribution in [2.24, 2.45) is 29.0 Å². The summed E-state index contributed by atoms with van der Waals surface area (Å²) in [5.74, 6) is 0.200. The normalized spacial score (nSPS) is 25.8. The molecule has 4 aliphatic rings. The van der Waals surface area contributed by atoms with Crippen molar-refractivity contribution in [2.45, 2.75) is 120 Å². The summed E-state index contributed by atoms with van der Waals surface area (Å²) >= 11 is 0. The highest BCUT2D eigenvalue weighted by Crippen LogP contribution is 2.63. The maximum absolute atomic E-state index is 12.6. The number of piperidine rings is 1. The molecule has 1 saturated carbocycles. The molecule has 0 aromatic heterocycles. The first-order valence-corrected chi connectivity index (χ1v) is 18.0. The van der Waals surface area contributed by atoms with Crippen LogP contribution < -0.4 is 37.3 Å². The Balaban J connectivity index is 0.000000223. The molecule has 1 aromatic carbocycles. The second kappa shape index (κ2) is 17.1. The number of ether oxygens (including phenoxy) is 2. The van der Waals surface area contributed by atoms with Crippen molar-refractivity contribution in [1.29, 1.82) is 0 Å². The number of carboxylic acid groups (broad SMARTS) is 1. The third-order valence-electron chi connectivity index (χ3n) is 11.3. The molecule has 13 nitrogen and oxygen atoms in total. The summed E-state index contributed by atoms with van der Waals surface area (Å²) in [5, 5.41) is 14.6. The van der Waals surface area contributed by atoms with Crippen LogP contribution in [0.5, 0.6) is 11.5 Å². The summed E-state index contributed by atoms with van der Waals surface area (Å²) in [6.07, 6.45) is 7.77. The van der Waals surface area contributed by atoms with Crippen LogP contribution in [0.15, 0.2) is 12.1 Å². The number of Topliss-reactive ketones (excluding diaryl/α,β-unsaturated/α-hetero) is 1. The number of nitrogens with one attached hydrogen (secondary N) is 2. The largest absolute Gasteiger partial charge is 0.493 e. The zero-order chi connectivity index (χ0) is 35.9. The molecule has 1 saturated heterocycles. The number of benzene rings is 1. The molecule has 2 heterocycles. The standard InChI is InChI=1S/C18H37N5O4.C18H21NO3/c1-3-12(2)15(18(26)27)23-17(25)14(9-5-7-11-20)22-16(24)13(21)8-4-6-10-19;1-19-8-7-18-11-4-5-13(20)17(18)22-16-14(21-2)6-3-10(15(16)18)9-12(11)19/h12-15H,3-11,19-21H2,1-2H3,(H,22,24)(H,23,25)(H,26,27);3,6,11-12,17H,4-5,7-9H2,1-2H3/t12-,13-,14-,15-;11-,12+,17-,18-/m00/s1. The molecule has 2 aliphatic heterocycles. The molecule has 1 spiro atoms. The molecule has 2 amide bonds. The molecule has 13 heteroatoms. The number of nitrogens with zero attached hydrogens (tertiary/aromatic N) is 1. The summed E-state index contributed by atoms with van der Waals surface area (Å²) in [5.41, 5.74) is 19.4. The number of methoxy groups -OCH3 is 1. The van der Waals surface area contributed by atoms with Crippen LogP contribution >= 0.6 is 0 Å². The van der Waals surface area contributed by atoms with Crippen LogP contribution in [0.2, 0.25) is 0 Å². The number of ketones is 1. The zero-order valence-corrected chi connectivity index (χ0v) is 29.7. The van der Waals surface area contributed by atoms with Gasteiger partial charge in [-0.25, -0.2) is 4.79 Å². The molecule has 2 aliphatic carbocycles. The average molecular weight is 687 g/mol. The van der Waals surface area contributed by atoms with Crippen LogP contribution in [0.3, 0.4) is 0 Å². The summed E-state index contributed by atoms with van der Waals surface area (Å²) in [6, 6.07) is 2.16. The first kappa shape index (κ1) is 38.5. The fourth-order valence-corrected chi connectivity index (χ4v) is 8.29. The fourth-order valence-electron chi connectivity index (χ4n) is 8.29. The summed E-state index contributed by atoms with van der Waals surface area (Å²) in [6.45, 7) is 5.67. The van der Waals surface area contributed by atoms with Crippen LogP contribution in [0.1, 0.15) is 89.2 Å². The molecule has 2 fully saturated rings. The van der Waals surface area contributed by atoms with E-state index < -0.39 is 35.9 Å². The zero-order valence-electron chi connectivity index (χ0n) is 29.7. The van der Waals surface area contributed by atoms with Crippen molar-refractivity contribution in [3.63, 3.8) is 0 Å². The van der Waals surface area contributed by atoms with Gasteiger partial charge < -0.3 is 47.3 Å². The van der Waals surface area contributed by atoms with E-state index in [9.17, 15) is 24.3 Å². The Morgan fingerprint density at radius 3 is 2.43 bits per heavy atom. The number of unbranched alkanes of at least 4 members (excludes halogenated alkanes) is 2. The maximum atomic E-state index is 12.6. The third-order valence-corrected chi connectivity index (χ3v) is 11.3. The van der Waals surface area contributed by atoms with E-state index in [0.29, 0.717) is 63.6 Å². The Morgan fingerprint density at radius 1 is 1.10 bits per heavy atom. The fraction of sp³-hybridized carbons (Fsp3) is 0.722. The van der Waals surface area contributed by atoms with Gasteiger partial charge in [-0.2, -0.15) is 0 Å². The van der Waals surface area contributed by atoms with E-state index in [4.69, 9.17) is 26.7 Å². The Bertz CT molecular complexity index is 1340. The van der Waals surface area contributed by atoms with Gasteiger partial charge in [-0.3, -0.25) is 14.4 Å². The molecule has 5 rings (SSSR count). The van der Waals surface area contributed by atoms with E-state index in [0.717, 1.165) is 50.1 Å². The molecular formula is C36H58N6O7. The molecule has 2 bridgehead atoms. The molecular weight excluding hydrogens is 628 g/mol. The minimum Gasteiger partial charge on any atom is -0.493 e. The van der Waals surface area contributed by atoms with Crippen LogP contribution in [-0.2, 0) is 31.0 Å². The summed E-state index contributed by atoms with van der Waals surface area (Å²) < 4.78 is 11.8. The molecule has 0 unspecified atom stereocenters. The number of aliphatic carboxylic acids is 1. The van der Waals surface area contributed by atoms with E-state index >= 15 is 0 Å². The lowest BCUT2D eigenvalue weighted by Gasteiger charge is -2.57. The number of likely N-dealkylation sites (N-methyl/N-ethyl adjacent to an activating group) is 1. The predicted octanol–water partition coefficient (Wildman–Crippen LogP) is 1.61. The van der Waals surface area contributed by atoms with Crippen LogP contribution in [-0.4, -0.2) is 97.6 Å². The van der Waals surface area contributed by atoms with Gasteiger partial charge in [0.25, 0.3) is 0 Å². The van der Waals surface area contributed by atoms with Gasteiger partial charge in [-0.15, -0.1) is 0 Å². The van der Waals surface area contributed by atoms with Crippen LogP contribution in [0, 0.1) is 11.8 Å². The Labute approximate surface area is 290 Å². The lowest BCUT2D eigenvalue weighted by molar-refractivity contribution is -0.143. The van der Waals surface area contributed by atoms with Crippen molar-refractivity contribution in [3.8, 4) is 11.5 Å². The van der Waals surface area contributed by atoms with Crippen LogP contribution in [0.4, 0.5) is 0 Å². The second-order valence-electron chi connectivity index (χ2n) is 14.2. The lowest BCUT2D eigenvalue weighted by atomic mass is 9.52. The van der Waals surface area contributed by atoms with E-state index in [1.165, 1.54) is 11.1 Å². The van der Waals surface area contributed by atoms with Crippen molar-refractivity contribution < 1.29 is 33.8 Å². The van der Waals surface area contributed by atoms with Gasteiger partial charge >= 0.3 is 5.97 Å². The highest BCUT2D eigenvalue weighted by Gasteiger charge is 2.65. The molecule has 0 radical (unpaired) electrons. The van der Waals surface area contributed by atoms with Crippen molar-refractivity contribution in [1.82, 2.24) is 15.5 Å². The van der Waals surface area contributed by atoms with E-state index in [-0.39, 0.29) is 23.2 Å². The smallest absolute Gasteiger partial charge is 0.326 e. The average Bonchev–Trinajstić information content (AvgIpc) is 3.44. The van der Waals surface area contributed by atoms with Crippen molar-refractivity contribution in [3.05, 3.63) is 23.3 Å². The number of nitrogens with two attached hydrogens (primary N) is 3. The monoisotopic (exact) mass is 686 g/mol. The van der Waals surface area contributed by atoms with Crippen molar-refractivity contribution in [2.75, 3.05) is 33.8 Å². The molecule has 1 aromatic rings. The van der Waals surface area contributed by atoms with E-state index in [1.807, 2.05) is 13.0 Å². The predicted molar refractivity (Wildman–Crippen MR) is 186 cm³/mol. The first-order valence-electron chi connectivity index (χ1n) is 18.0. The Hall–Kier alpha value is -3.26. The number of likely N-dealkylation sites (tertiary alicyclic amines) is 1. The van der Waals surface area contributed by atoms with Crippen molar-refractivity contribution >= 4 is 23.6 Å². The number of amides is 2. The van der Waals surface area contributed by atoms with Gasteiger partial charge in [0, 0.05) is 23.4 Å². The SMILES string of the molecule is CC[C@H](C)[C@H](NC(=O)[C@H](CCCCN)NC(=O)[C@@H](N)CCCCN)C(=O)O.COc1ccc2c3c1O[C@H]1C(=O)CC[C@H]4[C@@H](C2)N(C)CC[C@]314.